The lowest BCUT2D eigenvalue weighted by Crippen LogP contribution is -2.53. The van der Waals surface area contributed by atoms with E-state index in [1.807, 2.05) is 31.2 Å². The zero-order valence-electron chi connectivity index (χ0n) is 19.3. The summed E-state index contributed by atoms with van der Waals surface area (Å²) in [5.74, 6) is -0.628. The van der Waals surface area contributed by atoms with E-state index in [2.05, 4.69) is 20.5 Å². The van der Waals surface area contributed by atoms with Crippen molar-refractivity contribution in [3.05, 3.63) is 59.4 Å². The van der Waals surface area contributed by atoms with E-state index in [1.165, 1.54) is 6.42 Å². The van der Waals surface area contributed by atoms with Crippen molar-refractivity contribution in [2.45, 2.75) is 70.1 Å². The second-order valence-corrected chi connectivity index (χ2v) is 9.46. The first-order chi connectivity index (χ1) is 15.9. The summed E-state index contributed by atoms with van der Waals surface area (Å²) in [4.78, 5) is 31.3. The number of alkyl halides is 1. The molecule has 2 fully saturated rings. The maximum atomic E-state index is 15.3. The largest absolute Gasteiger partial charge is 0.351 e. The standard InChI is InChI=1S/C26H33FN4O2/c1-19-14-21(17-28-16-19)24(32)29-23-9-5-6-20(15-23)18-31-12-10-26(27,11-13-31)25(33)30-22-7-3-2-4-8-22/h5-6,9,14-17,22H,2-4,7-8,10-13,18H2,1H3,(H,29,32)(H,30,33). The van der Waals surface area contributed by atoms with E-state index >= 15 is 4.39 Å². The van der Waals surface area contributed by atoms with Crippen molar-refractivity contribution in [2.24, 2.45) is 0 Å². The topological polar surface area (TPSA) is 74.3 Å². The third kappa shape index (κ3) is 6.16. The minimum absolute atomic E-state index is 0.130. The normalized spacial score (nSPS) is 19.1. The number of hydrogen-bond donors (Lipinski definition) is 2. The Morgan fingerprint density at radius 2 is 1.88 bits per heavy atom. The number of halogens is 1. The molecule has 0 unspecified atom stereocenters. The Hall–Kier alpha value is -2.80. The monoisotopic (exact) mass is 452 g/mol. The number of rotatable bonds is 6. The van der Waals surface area contributed by atoms with Crippen molar-refractivity contribution in [1.29, 1.82) is 0 Å². The fourth-order valence-electron chi connectivity index (χ4n) is 4.74. The van der Waals surface area contributed by atoms with Crippen LogP contribution in [0.1, 0.15) is 66.4 Å². The van der Waals surface area contributed by atoms with Crippen LogP contribution in [0.5, 0.6) is 0 Å². The molecule has 2 aromatic rings. The van der Waals surface area contributed by atoms with Crippen LogP contribution in [0.2, 0.25) is 0 Å². The van der Waals surface area contributed by atoms with Gasteiger partial charge in [-0.3, -0.25) is 19.5 Å². The molecule has 2 aliphatic rings. The third-order valence-electron chi connectivity index (χ3n) is 6.72. The number of likely N-dealkylation sites (tertiary alicyclic amines) is 1. The van der Waals surface area contributed by atoms with Gasteiger partial charge in [-0.2, -0.15) is 0 Å². The van der Waals surface area contributed by atoms with E-state index in [0.29, 0.717) is 30.9 Å². The van der Waals surface area contributed by atoms with Crippen LogP contribution in [0.3, 0.4) is 0 Å². The third-order valence-corrected chi connectivity index (χ3v) is 6.72. The van der Waals surface area contributed by atoms with Gasteiger partial charge in [-0.25, -0.2) is 4.39 Å². The summed E-state index contributed by atoms with van der Waals surface area (Å²) in [7, 11) is 0. The summed E-state index contributed by atoms with van der Waals surface area (Å²) in [6.07, 6.45) is 9.03. The highest BCUT2D eigenvalue weighted by Crippen LogP contribution is 2.29. The Morgan fingerprint density at radius 1 is 1.12 bits per heavy atom. The van der Waals surface area contributed by atoms with Crippen molar-refractivity contribution < 1.29 is 14.0 Å². The number of benzene rings is 1. The van der Waals surface area contributed by atoms with Crippen LogP contribution < -0.4 is 10.6 Å². The Morgan fingerprint density at radius 3 is 2.61 bits per heavy atom. The number of amides is 2. The molecule has 0 bridgehead atoms. The van der Waals surface area contributed by atoms with Gasteiger partial charge in [-0.05, 0) is 49.1 Å². The lowest BCUT2D eigenvalue weighted by atomic mass is 9.90. The zero-order valence-corrected chi connectivity index (χ0v) is 19.3. The van der Waals surface area contributed by atoms with Crippen molar-refractivity contribution in [3.63, 3.8) is 0 Å². The van der Waals surface area contributed by atoms with Crippen LogP contribution in [0.25, 0.3) is 0 Å². The number of anilines is 1. The number of aromatic nitrogens is 1. The van der Waals surface area contributed by atoms with E-state index in [0.717, 1.165) is 36.8 Å². The molecular weight excluding hydrogens is 419 g/mol. The van der Waals surface area contributed by atoms with Crippen LogP contribution >= 0.6 is 0 Å². The van der Waals surface area contributed by atoms with E-state index < -0.39 is 11.6 Å². The van der Waals surface area contributed by atoms with Crippen molar-refractivity contribution in [3.8, 4) is 0 Å². The van der Waals surface area contributed by atoms with Crippen molar-refractivity contribution in [2.75, 3.05) is 18.4 Å². The van der Waals surface area contributed by atoms with Crippen LogP contribution in [-0.2, 0) is 11.3 Å². The maximum Gasteiger partial charge on any atom is 0.257 e. The van der Waals surface area contributed by atoms with Gasteiger partial charge in [0, 0.05) is 56.6 Å². The molecule has 2 heterocycles. The molecule has 2 amide bonds. The number of aryl methyl sites for hydroxylation is 1. The Bertz CT molecular complexity index is 982. The molecule has 1 aromatic carbocycles. The maximum absolute atomic E-state index is 15.3. The highest BCUT2D eigenvalue weighted by atomic mass is 19.1. The van der Waals surface area contributed by atoms with Crippen LogP contribution in [0.4, 0.5) is 10.1 Å². The summed E-state index contributed by atoms with van der Waals surface area (Å²) in [6, 6.07) is 9.62. The van der Waals surface area contributed by atoms with Gasteiger partial charge < -0.3 is 10.6 Å². The highest BCUT2D eigenvalue weighted by molar-refractivity contribution is 6.04. The van der Waals surface area contributed by atoms with E-state index in [-0.39, 0.29) is 24.8 Å². The molecule has 0 radical (unpaired) electrons. The molecule has 7 heteroatoms. The Balaban J connectivity index is 1.29. The zero-order chi connectivity index (χ0) is 23.3. The minimum Gasteiger partial charge on any atom is -0.351 e. The summed E-state index contributed by atoms with van der Waals surface area (Å²) in [6.45, 7) is 3.60. The van der Waals surface area contributed by atoms with Gasteiger partial charge in [-0.1, -0.05) is 31.4 Å². The number of nitrogens with one attached hydrogen (secondary N) is 2. The molecule has 0 spiro atoms. The predicted molar refractivity (Wildman–Crippen MR) is 127 cm³/mol. The number of carbonyl (C=O) groups is 2. The first-order valence-electron chi connectivity index (χ1n) is 12.0. The second kappa shape index (κ2) is 10.4. The molecule has 1 aromatic heterocycles. The molecule has 6 nitrogen and oxygen atoms in total. The molecule has 1 saturated heterocycles. The van der Waals surface area contributed by atoms with Crippen LogP contribution in [-0.4, -0.2) is 46.5 Å². The highest BCUT2D eigenvalue weighted by Gasteiger charge is 2.42. The van der Waals surface area contributed by atoms with Gasteiger partial charge in [0.25, 0.3) is 11.8 Å². The Labute approximate surface area is 195 Å². The van der Waals surface area contributed by atoms with Gasteiger partial charge in [0.15, 0.2) is 5.67 Å². The SMILES string of the molecule is Cc1cncc(C(=O)Nc2cccc(CN3CCC(F)(C(=O)NC4CCCCC4)CC3)c2)c1. The van der Waals surface area contributed by atoms with Gasteiger partial charge >= 0.3 is 0 Å². The molecule has 1 aliphatic carbocycles. The first-order valence-corrected chi connectivity index (χ1v) is 12.0. The van der Waals surface area contributed by atoms with Crippen molar-refractivity contribution >= 4 is 17.5 Å². The van der Waals surface area contributed by atoms with Crippen molar-refractivity contribution in [1.82, 2.24) is 15.2 Å². The number of piperidine rings is 1. The van der Waals surface area contributed by atoms with Gasteiger partial charge in [-0.15, -0.1) is 0 Å². The van der Waals surface area contributed by atoms with Gasteiger partial charge in [0.05, 0.1) is 5.56 Å². The fraction of sp³-hybridized carbons (Fsp3) is 0.500. The smallest absolute Gasteiger partial charge is 0.257 e. The minimum atomic E-state index is -1.77. The summed E-state index contributed by atoms with van der Waals surface area (Å²) in [5, 5.41) is 5.88. The fourth-order valence-corrected chi connectivity index (χ4v) is 4.74. The van der Waals surface area contributed by atoms with Gasteiger partial charge in [0.1, 0.15) is 0 Å². The molecule has 0 atom stereocenters. The lowest BCUT2D eigenvalue weighted by Gasteiger charge is -2.36. The summed E-state index contributed by atoms with van der Waals surface area (Å²) >= 11 is 0. The molecule has 1 saturated carbocycles. The summed E-state index contributed by atoms with van der Waals surface area (Å²) < 4.78 is 15.3. The quantitative estimate of drug-likeness (QED) is 0.682. The number of hydrogen-bond acceptors (Lipinski definition) is 4. The molecule has 4 rings (SSSR count). The number of nitrogens with zero attached hydrogens (tertiary/aromatic N) is 2. The van der Waals surface area contributed by atoms with Crippen LogP contribution in [0, 0.1) is 6.92 Å². The van der Waals surface area contributed by atoms with E-state index in [1.54, 1.807) is 18.5 Å². The lowest BCUT2D eigenvalue weighted by molar-refractivity contribution is -0.137. The Kier molecular flexibility index (Phi) is 7.38. The second-order valence-electron chi connectivity index (χ2n) is 9.46. The molecule has 2 N–H and O–H groups in total. The first kappa shape index (κ1) is 23.4. The van der Waals surface area contributed by atoms with E-state index in [4.69, 9.17) is 0 Å². The average molecular weight is 453 g/mol. The van der Waals surface area contributed by atoms with E-state index in [9.17, 15) is 9.59 Å². The molecule has 33 heavy (non-hydrogen) atoms. The molecule has 1 aliphatic heterocycles. The number of carbonyl (C=O) groups excluding carboxylic acids is 2. The number of pyridine rings is 1. The predicted octanol–water partition coefficient (Wildman–Crippen LogP) is 4.40. The van der Waals surface area contributed by atoms with Gasteiger partial charge in [0.2, 0.25) is 0 Å². The average Bonchev–Trinajstić information content (AvgIpc) is 2.81. The molecular formula is C26H33FN4O2. The summed E-state index contributed by atoms with van der Waals surface area (Å²) in [5.41, 5.74) is 1.42. The molecule has 176 valence electrons. The van der Waals surface area contributed by atoms with Crippen LogP contribution in [0.15, 0.2) is 42.7 Å².